The maximum Gasteiger partial charge on any atom is 0.205 e. The SMILES string of the molecule is Oc1c(O)c(-c2cccc3cc(-c4c5ccccc5c(-c5cccc6ccccc56)c5ccccc45)ccc23)c2c(oc3c4c(O)c(O)c(O)c(O)c4c(O)c(O)c32)c1O. The molecule has 0 unspecified atom stereocenters. The third-order valence-electron chi connectivity index (χ3n) is 11.8. The third kappa shape index (κ3) is 4.46. The van der Waals surface area contributed by atoms with E-state index in [9.17, 15) is 46.0 Å². The summed E-state index contributed by atoms with van der Waals surface area (Å²) in [6.07, 6.45) is 0. The monoisotopic (exact) mass is 790 g/mol. The first-order valence-corrected chi connectivity index (χ1v) is 18.9. The van der Waals surface area contributed by atoms with Gasteiger partial charge in [0.15, 0.2) is 39.9 Å². The highest BCUT2D eigenvalue weighted by Crippen LogP contribution is 2.61. The van der Waals surface area contributed by atoms with E-state index in [2.05, 4.69) is 60.7 Å². The molecule has 11 rings (SSSR count). The van der Waals surface area contributed by atoms with Crippen molar-refractivity contribution in [1.29, 1.82) is 0 Å². The van der Waals surface area contributed by atoms with Gasteiger partial charge in [0.05, 0.1) is 16.2 Å². The molecular weight excluding hydrogens is 761 g/mol. The number of fused-ring (bicyclic) bond motifs is 9. The zero-order valence-corrected chi connectivity index (χ0v) is 31.1. The van der Waals surface area contributed by atoms with Crippen molar-refractivity contribution in [2.45, 2.75) is 0 Å². The normalized spacial score (nSPS) is 11.9. The Bertz CT molecular complexity index is 3650. The van der Waals surface area contributed by atoms with Gasteiger partial charge in [0.2, 0.25) is 23.0 Å². The highest BCUT2D eigenvalue weighted by molar-refractivity contribution is 6.29. The van der Waals surface area contributed by atoms with Crippen molar-refractivity contribution in [2.75, 3.05) is 0 Å². The van der Waals surface area contributed by atoms with Crippen LogP contribution in [0.5, 0.6) is 51.7 Å². The van der Waals surface area contributed by atoms with Crippen molar-refractivity contribution < 1.29 is 50.4 Å². The van der Waals surface area contributed by atoms with Gasteiger partial charge >= 0.3 is 0 Å². The van der Waals surface area contributed by atoms with Gasteiger partial charge in [-0.05, 0) is 77.0 Å². The molecular formula is C50H30O10. The highest BCUT2D eigenvalue weighted by atomic mass is 16.4. The Labute approximate surface area is 337 Å². The van der Waals surface area contributed by atoms with E-state index >= 15 is 0 Å². The molecule has 0 radical (unpaired) electrons. The van der Waals surface area contributed by atoms with Crippen molar-refractivity contribution >= 4 is 75.8 Å². The van der Waals surface area contributed by atoms with E-state index in [1.165, 1.54) is 0 Å². The summed E-state index contributed by atoms with van der Waals surface area (Å²) in [4.78, 5) is 0. The van der Waals surface area contributed by atoms with Crippen molar-refractivity contribution in [3.8, 4) is 85.1 Å². The summed E-state index contributed by atoms with van der Waals surface area (Å²) in [5, 5.41) is 105. The van der Waals surface area contributed by atoms with Gasteiger partial charge in [0, 0.05) is 10.9 Å². The Hall–Kier alpha value is -8.50. The average Bonchev–Trinajstić information content (AvgIpc) is 3.67. The van der Waals surface area contributed by atoms with Gasteiger partial charge in [0.25, 0.3) is 0 Å². The first-order chi connectivity index (χ1) is 29.1. The fourth-order valence-electron chi connectivity index (χ4n) is 9.17. The molecule has 0 saturated heterocycles. The van der Waals surface area contributed by atoms with E-state index in [1.807, 2.05) is 54.6 Å². The maximum atomic E-state index is 11.6. The number of hydrogen-bond donors (Lipinski definition) is 9. The summed E-state index contributed by atoms with van der Waals surface area (Å²) >= 11 is 0. The fourth-order valence-corrected chi connectivity index (χ4v) is 9.17. The molecule has 10 aromatic carbocycles. The van der Waals surface area contributed by atoms with Crippen LogP contribution in [0.4, 0.5) is 0 Å². The molecule has 0 atom stereocenters. The molecule has 0 aliphatic rings. The Morgan fingerprint density at radius 3 is 1.38 bits per heavy atom. The van der Waals surface area contributed by atoms with Gasteiger partial charge in [-0.2, -0.15) is 0 Å². The second-order valence-electron chi connectivity index (χ2n) is 14.9. The van der Waals surface area contributed by atoms with Gasteiger partial charge in [-0.25, -0.2) is 0 Å². The molecule has 10 nitrogen and oxygen atoms in total. The summed E-state index contributed by atoms with van der Waals surface area (Å²) in [5.41, 5.74) is 3.49. The van der Waals surface area contributed by atoms with E-state index in [1.54, 1.807) is 12.1 Å². The van der Waals surface area contributed by atoms with Crippen LogP contribution >= 0.6 is 0 Å². The van der Waals surface area contributed by atoms with Crippen molar-refractivity contribution in [3.05, 3.63) is 127 Å². The quantitative estimate of drug-likeness (QED) is 0.0472. The molecule has 290 valence electrons. The molecule has 60 heavy (non-hydrogen) atoms. The molecule has 10 heteroatoms. The first-order valence-electron chi connectivity index (χ1n) is 18.9. The lowest BCUT2D eigenvalue weighted by atomic mass is 9.84. The predicted octanol–water partition coefficient (Wildman–Crippen LogP) is 11.7. The Morgan fingerprint density at radius 1 is 0.283 bits per heavy atom. The Kier molecular flexibility index (Phi) is 7.09. The second kappa shape index (κ2) is 12.3. The number of benzene rings is 10. The molecule has 0 aliphatic heterocycles. The zero-order chi connectivity index (χ0) is 41.3. The number of furan rings is 1. The lowest BCUT2D eigenvalue weighted by Gasteiger charge is -2.19. The van der Waals surface area contributed by atoms with Crippen LogP contribution in [0.1, 0.15) is 0 Å². The minimum Gasteiger partial charge on any atom is -0.504 e. The Morgan fingerprint density at radius 2 is 0.733 bits per heavy atom. The van der Waals surface area contributed by atoms with Gasteiger partial charge < -0.3 is 50.4 Å². The highest BCUT2D eigenvalue weighted by Gasteiger charge is 2.33. The number of aromatic hydroxyl groups is 9. The van der Waals surface area contributed by atoms with Gasteiger partial charge in [-0.3, -0.25) is 0 Å². The average molecular weight is 791 g/mol. The number of rotatable bonds is 3. The molecule has 0 amide bonds. The molecule has 1 heterocycles. The largest absolute Gasteiger partial charge is 0.504 e. The molecule has 0 saturated carbocycles. The lowest BCUT2D eigenvalue weighted by molar-refractivity contribution is 0.349. The van der Waals surface area contributed by atoms with E-state index in [4.69, 9.17) is 4.42 Å². The Balaban J connectivity index is 1.19. The molecule has 0 fully saturated rings. The first kappa shape index (κ1) is 34.7. The van der Waals surface area contributed by atoms with Crippen LogP contribution < -0.4 is 0 Å². The van der Waals surface area contributed by atoms with E-state index in [0.717, 1.165) is 60.0 Å². The van der Waals surface area contributed by atoms with Crippen molar-refractivity contribution in [2.24, 2.45) is 0 Å². The van der Waals surface area contributed by atoms with Crippen LogP contribution in [0.3, 0.4) is 0 Å². The summed E-state index contributed by atoms with van der Waals surface area (Å²) in [5.74, 6) is -8.96. The fraction of sp³-hybridized carbons (Fsp3) is 0. The predicted molar refractivity (Wildman–Crippen MR) is 233 cm³/mol. The standard InChI is InChI=1S/C50H30O10/c51-40-35(36-38-43(54)41(52)37-39(44(55)46(57)45(56)42(37)53)49(38)60-50(36)48(59)47(40)58)28-18-8-11-23-21-24(19-20-26(23)28)33-29-13-3-5-15-31(29)34(32-16-6-4-14-30(32)33)27-17-7-10-22-9-1-2-12-25(22)27/h1-21,51-59H. The van der Waals surface area contributed by atoms with Crippen LogP contribution in [-0.2, 0) is 0 Å². The molecule has 11 aromatic rings. The summed E-state index contributed by atoms with van der Waals surface area (Å²) in [6.45, 7) is 0. The molecule has 0 aliphatic carbocycles. The van der Waals surface area contributed by atoms with Crippen molar-refractivity contribution in [1.82, 2.24) is 0 Å². The van der Waals surface area contributed by atoms with Gasteiger partial charge in [0.1, 0.15) is 0 Å². The zero-order valence-electron chi connectivity index (χ0n) is 31.1. The lowest BCUT2D eigenvalue weighted by Crippen LogP contribution is -1.92. The van der Waals surface area contributed by atoms with E-state index in [-0.39, 0.29) is 16.3 Å². The summed E-state index contributed by atoms with van der Waals surface area (Å²) in [6, 6.07) is 42.5. The van der Waals surface area contributed by atoms with E-state index in [0.29, 0.717) is 10.9 Å². The molecule has 9 N–H and O–H groups in total. The summed E-state index contributed by atoms with van der Waals surface area (Å²) < 4.78 is 5.94. The molecule has 0 bridgehead atoms. The van der Waals surface area contributed by atoms with Crippen LogP contribution in [0, 0.1) is 0 Å². The number of phenols is 9. The molecule has 1 aromatic heterocycles. The number of phenolic OH excluding ortho intramolecular Hbond substituents is 9. The van der Waals surface area contributed by atoms with E-state index < -0.39 is 73.7 Å². The van der Waals surface area contributed by atoms with Crippen molar-refractivity contribution in [3.63, 3.8) is 0 Å². The third-order valence-corrected chi connectivity index (χ3v) is 11.8. The van der Waals surface area contributed by atoms with Crippen LogP contribution in [0.15, 0.2) is 132 Å². The number of hydrogen-bond acceptors (Lipinski definition) is 10. The molecule has 0 spiro atoms. The van der Waals surface area contributed by atoms with Crippen LogP contribution in [0.25, 0.3) is 109 Å². The smallest absolute Gasteiger partial charge is 0.205 e. The topological polar surface area (TPSA) is 195 Å². The second-order valence-corrected chi connectivity index (χ2v) is 14.9. The maximum absolute atomic E-state index is 11.6. The van der Waals surface area contributed by atoms with Gasteiger partial charge in [-0.1, -0.05) is 121 Å². The van der Waals surface area contributed by atoms with Crippen LogP contribution in [0.2, 0.25) is 0 Å². The minimum absolute atomic E-state index is 0.103. The minimum atomic E-state index is -1.17. The van der Waals surface area contributed by atoms with Crippen LogP contribution in [-0.4, -0.2) is 46.0 Å². The van der Waals surface area contributed by atoms with Gasteiger partial charge in [-0.15, -0.1) is 0 Å². The summed E-state index contributed by atoms with van der Waals surface area (Å²) in [7, 11) is 0.